The Labute approximate surface area is 212 Å². The summed E-state index contributed by atoms with van der Waals surface area (Å²) in [6, 6.07) is 18.4. The van der Waals surface area contributed by atoms with Crippen LogP contribution in [0.15, 0.2) is 71.9 Å². The minimum Gasteiger partial charge on any atom is -0.466 e. The van der Waals surface area contributed by atoms with Crippen molar-refractivity contribution in [3.05, 3.63) is 83.2 Å². The van der Waals surface area contributed by atoms with Gasteiger partial charge in [-0.25, -0.2) is 14.2 Å². The van der Waals surface area contributed by atoms with E-state index in [9.17, 15) is 18.6 Å². The second-order valence-corrected chi connectivity index (χ2v) is 9.82. The number of carbonyl (C=O) groups is 3. The van der Waals surface area contributed by atoms with Gasteiger partial charge in [0.1, 0.15) is 5.75 Å². The van der Waals surface area contributed by atoms with Crippen molar-refractivity contribution in [2.24, 2.45) is 0 Å². The summed E-state index contributed by atoms with van der Waals surface area (Å²) in [5.74, 6) is -0.822. The molecule has 1 unspecified atom stereocenters. The number of methoxy groups -OCH3 is 2. The smallest absolute Gasteiger partial charge is 0.418 e. The second-order valence-electron chi connectivity index (χ2n) is 8.07. The molecule has 1 aromatic heterocycles. The van der Waals surface area contributed by atoms with Crippen LogP contribution in [0.4, 0.5) is 4.79 Å². The molecule has 1 heterocycles. The molecule has 2 aromatic carbocycles. The van der Waals surface area contributed by atoms with Crippen LogP contribution in [0.1, 0.15) is 25.1 Å². The fourth-order valence-electron chi connectivity index (χ4n) is 3.94. The minimum absolute atomic E-state index is 0.0116. The zero-order chi connectivity index (χ0) is 26.2. The number of hydrogen-bond acceptors (Lipinski definition) is 6. The Morgan fingerprint density at radius 2 is 1.64 bits per heavy atom. The van der Waals surface area contributed by atoms with Crippen molar-refractivity contribution in [2.45, 2.75) is 26.8 Å². The van der Waals surface area contributed by atoms with Gasteiger partial charge >= 0.3 is 12.1 Å². The number of amides is 1. The maximum atomic E-state index is 13.3. The highest BCUT2D eigenvalue weighted by atomic mass is 32.2. The average molecular weight is 511 g/mol. The number of aromatic nitrogens is 1. The van der Waals surface area contributed by atoms with Crippen molar-refractivity contribution < 1.29 is 28.1 Å². The monoisotopic (exact) mass is 510 g/mol. The Morgan fingerprint density at radius 1 is 0.972 bits per heavy atom. The molecule has 0 aliphatic carbocycles. The average Bonchev–Trinajstić information content (AvgIpc) is 3.27. The largest absolute Gasteiger partial charge is 0.466 e. The zero-order valence-electron chi connectivity index (χ0n) is 20.9. The number of rotatable bonds is 9. The number of carbonyl (C=O) groups excluding carboxylic acids is 3. The molecule has 0 spiro atoms. The number of nitrogens with zero attached hydrogens (tertiary/aromatic N) is 2. The SMILES string of the molecule is CCS(=O)CC(=O)N(Cc1ccccc1)/C(C)=C(/Cc1cc2ccccc2n1C(=O)OC)C(=O)OC. The Morgan fingerprint density at radius 3 is 2.28 bits per heavy atom. The van der Waals surface area contributed by atoms with E-state index in [0.717, 1.165) is 10.9 Å². The Bertz CT molecular complexity index is 1310. The van der Waals surface area contributed by atoms with Gasteiger partial charge in [-0.3, -0.25) is 9.00 Å². The number of hydrogen-bond donors (Lipinski definition) is 0. The third kappa shape index (κ3) is 6.09. The molecule has 8 nitrogen and oxygen atoms in total. The van der Waals surface area contributed by atoms with Crippen molar-refractivity contribution in [1.29, 1.82) is 0 Å². The highest BCUT2D eigenvalue weighted by molar-refractivity contribution is 7.85. The first-order chi connectivity index (χ1) is 17.3. The lowest BCUT2D eigenvalue weighted by Crippen LogP contribution is -2.35. The first kappa shape index (κ1) is 26.9. The van der Waals surface area contributed by atoms with Gasteiger partial charge in [-0.1, -0.05) is 55.5 Å². The first-order valence-corrected chi connectivity index (χ1v) is 12.9. The van der Waals surface area contributed by atoms with E-state index in [0.29, 0.717) is 22.7 Å². The number of allylic oxidation sites excluding steroid dienone is 1. The molecule has 36 heavy (non-hydrogen) atoms. The van der Waals surface area contributed by atoms with Gasteiger partial charge in [0.15, 0.2) is 0 Å². The summed E-state index contributed by atoms with van der Waals surface area (Å²) >= 11 is 0. The Kier molecular flexibility index (Phi) is 9.19. The van der Waals surface area contributed by atoms with E-state index in [4.69, 9.17) is 9.47 Å². The lowest BCUT2D eigenvalue weighted by atomic mass is 10.1. The van der Waals surface area contributed by atoms with Gasteiger partial charge in [-0.2, -0.15) is 0 Å². The van der Waals surface area contributed by atoms with Gasteiger partial charge < -0.3 is 14.4 Å². The van der Waals surface area contributed by atoms with Gasteiger partial charge in [0, 0.05) is 39.8 Å². The maximum absolute atomic E-state index is 13.3. The topological polar surface area (TPSA) is 94.9 Å². The fourth-order valence-corrected chi connectivity index (χ4v) is 4.58. The van der Waals surface area contributed by atoms with E-state index in [2.05, 4.69) is 0 Å². The molecule has 190 valence electrons. The standard InChI is InChI=1S/C27H30N2O6S/c1-5-36(33)18-25(30)28(17-20-11-7-6-8-12-20)19(2)23(26(31)34-3)16-22-15-21-13-9-10-14-24(21)29(22)27(32)35-4/h6-15H,5,16-18H2,1-4H3/b23-19-. The molecule has 0 bridgehead atoms. The molecule has 0 fully saturated rings. The van der Waals surface area contributed by atoms with E-state index in [1.807, 2.05) is 48.5 Å². The third-order valence-electron chi connectivity index (χ3n) is 5.87. The number of benzene rings is 2. The van der Waals surface area contributed by atoms with Crippen molar-refractivity contribution in [3.63, 3.8) is 0 Å². The molecule has 0 aliphatic heterocycles. The van der Waals surface area contributed by atoms with E-state index < -0.39 is 22.9 Å². The second kappa shape index (κ2) is 12.3. The van der Waals surface area contributed by atoms with Crippen molar-refractivity contribution in [2.75, 3.05) is 25.7 Å². The van der Waals surface area contributed by atoms with E-state index in [1.165, 1.54) is 23.7 Å². The summed E-state index contributed by atoms with van der Waals surface area (Å²) in [7, 11) is 1.22. The first-order valence-electron chi connectivity index (χ1n) is 11.5. The molecular formula is C27H30N2O6S. The molecule has 0 radical (unpaired) electrons. The Hall–Kier alpha value is -3.72. The minimum atomic E-state index is -1.33. The number of fused-ring (bicyclic) bond motifs is 1. The molecule has 9 heteroatoms. The quantitative estimate of drug-likeness (QED) is 0.319. The highest BCUT2D eigenvalue weighted by Crippen LogP contribution is 2.25. The molecule has 0 saturated carbocycles. The lowest BCUT2D eigenvalue weighted by molar-refractivity contribution is -0.136. The van der Waals surface area contributed by atoms with Crippen molar-refractivity contribution in [1.82, 2.24) is 9.47 Å². The predicted molar refractivity (Wildman–Crippen MR) is 139 cm³/mol. The molecule has 0 saturated heterocycles. The van der Waals surface area contributed by atoms with Crippen LogP contribution in [-0.4, -0.2) is 57.4 Å². The molecule has 3 rings (SSSR count). The van der Waals surface area contributed by atoms with Crippen LogP contribution in [0.25, 0.3) is 10.9 Å². The third-order valence-corrected chi connectivity index (χ3v) is 7.08. The summed E-state index contributed by atoms with van der Waals surface area (Å²) in [5, 5.41) is 0.801. The van der Waals surface area contributed by atoms with Gasteiger partial charge in [0.2, 0.25) is 5.91 Å². The predicted octanol–water partition coefficient (Wildman–Crippen LogP) is 4.04. The van der Waals surface area contributed by atoms with Gasteiger partial charge in [0.25, 0.3) is 0 Å². The van der Waals surface area contributed by atoms with E-state index in [1.54, 1.807) is 26.0 Å². The van der Waals surface area contributed by atoms with Crippen molar-refractivity contribution >= 4 is 39.7 Å². The van der Waals surface area contributed by atoms with E-state index >= 15 is 0 Å². The van der Waals surface area contributed by atoms with E-state index in [-0.39, 0.29) is 30.2 Å². The van der Waals surface area contributed by atoms with Crippen LogP contribution >= 0.6 is 0 Å². The maximum Gasteiger partial charge on any atom is 0.418 e. The highest BCUT2D eigenvalue weighted by Gasteiger charge is 2.26. The molecule has 1 amide bonds. The van der Waals surface area contributed by atoms with Crippen LogP contribution in [0, 0.1) is 0 Å². The summed E-state index contributed by atoms with van der Waals surface area (Å²) in [6.45, 7) is 3.60. The van der Waals surface area contributed by atoms with Crippen LogP contribution in [0.3, 0.4) is 0 Å². The normalized spacial score (nSPS) is 12.6. The summed E-state index contributed by atoms with van der Waals surface area (Å²) in [4.78, 5) is 40.3. The number of para-hydroxylation sites is 1. The number of esters is 1. The van der Waals surface area contributed by atoms with Crippen LogP contribution < -0.4 is 0 Å². The molecular weight excluding hydrogens is 480 g/mol. The summed E-state index contributed by atoms with van der Waals surface area (Å²) < 4.78 is 23.7. The number of ether oxygens (including phenoxy) is 2. The fraction of sp³-hybridized carbons (Fsp3) is 0.296. The van der Waals surface area contributed by atoms with Crippen molar-refractivity contribution in [3.8, 4) is 0 Å². The van der Waals surface area contributed by atoms with Gasteiger partial charge in [-0.15, -0.1) is 0 Å². The summed E-state index contributed by atoms with van der Waals surface area (Å²) in [6.07, 6.45) is -0.582. The molecule has 1 atom stereocenters. The zero-order valence-corrected chi connectivity index (χ0v) is 21.7. The van der Waals surface area contributed by atoms with Crippen LogP contribution in [0.2, 0.25) is 0 Å². The molecule has 3 aromatic rings. The molecule has 0 aliphatic rings. The van der Waals surface area contributed by atoms with Crippen LogP contribution in [0.5, 0.6) is 0 Å². The molecule has 0 N–H and O–H groups in total. The summed E-state index contributed by atoms with van der Waals surface area (Å²) in [5.41, 5.74) is 2.56. The van der Waals surface area contributed by atoms with Gasteiger partial charge in [0.05, 0.1) is 31.9 Å². The van der Waals surface area contributed by atoms with Crippen LogP contribution in [-0.2, 0) is 42.8 Å². The van der Waals surface area contributed by atoms with Gasteiger partial charge in [-0.05, 0) is 24.6 Å². The Balaban J connectivity index is 2.13. The lowest BCUT2D eigenvalue weighted by Gasteiger charge is -2.26.